The van der Waals surface area contributed by atoms with E-state index in [9.17, 15) is 9.59 Å². The van der Waals surface area contributed by atoms with Crippen LogP contribution in [0.5, 0.6) is 0 Å². The van der Waals surface area contributed by atoms with Gasteiger partial charge in [-0.25, -0.2) is 9.59 Å². The van der Waals surface area contributed by atoms with Crippen LogP contribution < -0.4 is 0 Å². The average molecular weight is 379 g/mol. The SMILES string of the molecule is CC(C)CC[C@H]1C(=O)OCN1C(=O)OCC1c2ccccc2-c2ccccc21. The molecule has 1 aliphatic carbocycles. The molecule has 0 aromatic heterocycles. The number of cyclic esters (lactones) is 1. The molecule has 0 spiro atoms. The number of fused-ring (bicyclic) bond motifs is 3. The molecule has 1 heterocycles. The summed E-state index contributed by atoms with van der Waals surface area (Å²) in [5, 5.41) is 0. The molecule has 2 aliphatic rings. The van der Waals surface area contributed by atoms with Crippen molar-refractivity contribution in [2.24, 2.45) is 5.92 Å². The van der Waals surface area contributed by atoms with E-state index < -0.39 is 12.1 Å². The number of benzene rings is 2. The smallest absolute Gasteiger partial charge is 0.413 e. The molecule has 1 saturated heterocycles. The Kier molecular flexibility index (Phi) is 5.07. The third-order valence-corrected chi connectivity index (χ3v) is 5.58. The molecule has 1 amide bonds. The lowest BCUT2D eigenvalue weighted by molar-refractivity contribution is -0.139. The van der Waals surface area contributed by atoms with E-state index in [0.717, 1.165) is 6.42 Å². The Hall–Kier alpha value is -2.82. The van der Waals surface area contributed by atoms with Crippen LogP contribution in [0.25, 0.3) is 11.1 Å². The molecule has 5 heteroatoms. The molecule has 1 fully saturated rings. The van der Waals surface area contributed by atoms with Crippen LogP contribution in [-0.2, 0) is 14.3 Å². The average Bonchev–Trinajstić information content (AvgIpc) is 3.22. The van der Waals surface area contributed by atoms with Crippen molar-refractivity contribution in [2.75, 3.05) is 13.3 Å². The number of carbonyl (C=O) groups excluding carboxylic acids is 2. The van der Waals surface area contributed by atoms with Gasteiger partial charge in [0.1, 0.15) is 12.6 Å². The lowest BCUT2D eigenvalue weighted by atomic mass is 9.98. The van der Waals surface area contributed by atoms with Crippen molar-refractivity contribution in [3.63, 3.8) is 0 Å². The quantitative estimate of drug-likeness (QED) is 0.715. The number of hydrogen-bond donors (Lipinski definition) is 0. The number of hydrogen-bond acceptors (Lipinski definition) is 4. The van der Waals surface area contributed by atoms with E-state index in [1.807, 2.05) is 24.3 Å². The molecule has 0 N–H and O–H groups in total. The van der Waals surface area contributed by atoms with Gasteiger partial charge in [-0.2, -0.15) is 0 Å². The summed E-state index contributed by atoms with van der Waals surface area (Å²) in [4.78, 5) is 26.1. The molecule has 28 heavy (non-hydrogen) atoms. The number of ether oxygens (including phenoxy) is 2. The largest absolute Gasteiger partial charge is 0.448 e. The fraction of sp³-hybridized carbons (Fsp3) is 0.391. The van der Waals surface area contributed by atoms with Gasteiger partial charge in [0, 0.05) is 5.92 Å². The van der Waals surface area contributed by atoms with Crippen LogP contribution in [0.4, 0.5) is 4.79 Å². The summed E-state index contributed by atoms with van der Waals surface area (Å²) in [7, 11) is 0. The van der Waals surface area contributed by atoms with Crippen molar-refractivity contribution < 1.29 is 19.1 Å². The molecule has 1 atom stereocenters. The van der Waals surface area contributed by atoms with Gasteiger partial charge in [-0.05, 0) is 41.0 Å². The zero-order valence-electron chi connectivity index (χ0n) is 16.3. The minimum Gasteiger partial charge on any atom is -0.448 e. The first-order chi connectivity index (χ1) is 13.6. The van der Waals surface area contributed by atoms with E-state index in [4.69, 9.17) is 9.47 Å². The minimum absolute atomic E-state index is 0.00434. The second-order valence-electron chi connectivity index (χ2n) is 7.85. The normalized spacial score (nSPS) is 18.2. The van der Waals surface area contributed by atoms with Gasteiger partial charge < -0.3 is 9.47 Å². The molecule has 2 aromatic carbocycles. The highest BCUT2D eigenvalue weighted by atomic mass is 16.6. The van der Waals surface area contributed by atoms with E-state index >= 15 is 0 Å². The van der Waals surface area contributed by atoms with Crippen molar-refractivity contribution in [2.45, 2.75) is 38.6 Å². The van der Waals surface area contributed by atoms with Crippen molar-refractivity contribution in [3.05, 3.63) is 59.7 Å². The van der Waals surface area contributed by atoms with E-state index in [1.165, 1.54) is 27.2 Å². The van der Waals surface area contributed by atoms with E-state index in [2.05, 4.69) is 38.1 Å². The van der Waals surface area contributed by atoms with Crippen LogP contribution >= 0.6 is 0 Å². The molecule has 0 bridgehead atoms. The Bertz CT molecular complexity index is 846. The number of rotatable bonds is 5. The van der Waals surface area contributed by atoms with Crippen molar-refractivity contribution >= 4 is 12.1 Å². The lowest BCUT2D eigenvalue weighted by Crippen LogP contribution is -2.39. The van der Waals surface area contributed by atoms with Gasteiger partial charge in [0.15, 0.2) is 6.73 Å². The molecule has 2 aromatic rings. The molecule has 1 aliphatic heterocycles. The fourth-order valence-electron chi connectivity index (χ4n) is 4.07. The predicted octanol–water partition coefficient (Wildman–Crippen LogP) is 4.56. The number of nitrogens with zero attached hydrogens (tertiary/aromatic N) is 1. The van der Waals surface area contributed by atoms with E-state index in [-0.39, 0.29) is 25.2 Å². The van der Waals surface area contributed by atoms with Gasteiger partial charge in [0.05, 0.1) is 0 Å². The van der Waals surface area contributed by atoms with Crippen molar-refractivity contribution in [3.8, 4) is 11.1 Å². The molecular formula is C23H25NO4. The van der Waals surface area contributed by atoms with Crippen molar-refractivity contribution in [1.82, 2.24) is 4.90 Å². The Morgan fingerprint density at radius 2 is 1.71 bits per heavy atom. The maximum Gasteiger partial charge on any atom is 0.413 e. The molecule has 0 unspecified atom stereocenters. The molecule has 4 rings (SSSR count). The van der Waals surface area contributed by atoms with E-state index in [1.54, 1.807) is 0 Å². The van der Waals surface area contributed by atoms with Crippen LogP contribution in [0, 0.1) is 5.92 Å². The monoisotopic (exact) mass is 379 g/mol. The predicted molar refractivity (Wildman–Crippen MR) is 106 cm³/mol. The fourth-order valence-corrected chi connectivity index (χ4v) is 4.07. The van der Waals surface area contributed by atoms with E-state index in [0.29, 0.717) is 12.3 Å². The Morgan fingerprint density at radius 1 is 1.11 bits per heavy atom. The number of amides is 1. The summed E-state index contributed by atoms with van der Waals surface area (Å²) in [6, 6.07) is 15.9. The topological polar surface area (TPSA) is 55.8 Å². The van der Waals surface area contributed by atoms with Gasteiger partial charge in [-0.3, -0.25) is 4.90 Å². The highest BCUT2D eigenvalue weighted by Gasteiger charge is 2.39. The number of esters is 1. The van der Waals surface area contributed by atoms with Crippen LogP contribution in [0.1, 0.15) is 43.7 Å². The number of carbonyl (C=O) groups is 2. The first-order valence-electron chi connectivity index (χ1n) is 9.84. The first kappa shape index (κ1) is 18.5. The summed E-state index contributed by atoms with van der Waals surface area (Å²) in [6.45, 7) is 4.41. The zero-order chi connectivity index (χ0) is 19.7. The Balaban J connectivity index is 1.47. The van der Waals surface area contributed by atoms with Gasteiger partial charge >= 0.3 is 12.1 Å². The Morgan fingerprint density at radius 3 is 2.32 bits per heavy atom. The molecule has 0 radical (unpaired) electrons. The van der Waals surface area contributed by atoms with Crippen LogP contribution in [-0.4, -0.2) is 36.3 Å². The second-order valence-corrected chi connectivity index (χ2v) is 7.85. The summed E-state index contributed by atoms with van der Waals surface area (Å²) >= 11 is 0. The van der Waals surface area contributed by atoms with Crippen LogP contribution in [0.2, 0.25) is 0 Å². The molecule has 146 valence electrons. The highest BCUT2D eigenvalue weighted by molar-refractivity contribution is 5.84. The summed E-state index contributed by atoms with van der Waals surface area (Å²) in [5.41, 5.74) is 4.71. The maximum absolute atomic E-state index is 12.7. The minimum atomic E-state index is -0.543. The summed E-state index contributed by atoms with van der Waals surface area (Å²) < 4.78 is 10.8. The molecule has 0 saturated carbocycles. The summed E-state index contributed by atoms with van der Waals surface area (Å²) in [5.74, 6) is 0.122. The third kappa shape index (κ3) is 3.37. The van der Waals surface area contributed by atoms with Gasteiger partial charge in [-0.15, -0.1) is 0 Å². The van der Waals surface area contributed by atoms with Gasteiger partial charge in [-0.1, -0.05) is 62.4 Å². The second kappa shape index (κ2) is 7.66. The maximum atomic E-state index is 12.7. The lowest BCUT2D eigenvalue weighted by Gasteiger charge is -2.22. The molecular weight excluding hydrogens is 354 g/mol. The third-order valence-electron chi connectivity index (χ3n) is 5.58. The molecule has 5 nitrogen and oxygen atoms in total. The van der Waals surface area contributed by atoms with Gasteiger partial charge in [0.25, 0.3) is 0 Å². The summed E-state index contributed by atoms with van der Waals surface area (Å²) in [6.07, 6.45) is 0.967. The highest BCUT2D eigenvalue weighted by Crippen LogP contribution is 2.44. The van der Waals surface area contributed by atoms with Gasteiger partial charge in [0.2, 0.25) is 0 Å². The first-order valence-corrected chi connectivity index (χ1v) is 9.84. The Labute approximate surface area is 165 Å². The van der Waals surface area contributed by atoms with Crippen molar-refractivity contribution in [1.29, 1.82) is 0 Å². The van der Waals surface area contributed by atoms with Crippen LogP contribution in [0.3, 0.4) is 0 Å². The zero-order valence-corrected chi connectivity index (χ0v) is 16.3. The van der Waals surface area contributed by atoms with Crippen LogP contribution in [0.15, 0.2) is 48.5 Å². The standard InChI is InChI=1S/C23H25NO4/c1-15(2)11-12-21-22(25)28-14-24(21)23(26)27-13-20-18-9-5-3-7-16(18)17-8-4-6-10-19(17)20/h3-10,15,20-21H,11-14H2,1-2H3/t21-/m0/s1.